The lowest BCUT2D eigenvalue weighted by atomic mass is 10.1. The molecular formula is C18H13ClN4O2. The molecule has 0 bridgehead atoms. The molecule has 3 rings (SSSR count). The standard InChI is InChI=1S/C18H13ClN4O2/c1-3-12-4-6-13(7-5-12)16-10-22(11-21-16)17-9-14(23(24)25)8-15(19)18(17)20-2/h1,4-11,20H,2H3. The van der Waals surface area contributed by atoms with Crippen LogP contribution < -0.4 is 5.32 Å². The van der Waals surface area contributed by atoms with E-state index in [1.54, 1.807) is 24.1 Å². The largest absolute Gasteiger partial charge is 0.385 e. The average Bonchev–Trinajstić information content (AvgIpc) is 3.11. The highest BCUT2D eigenvalue weighted by atomic mass is 35.5. The number of nitrogens with zero attached hydrogens (tertiary/aromatic N) is 3. The summed E-state index contributed by atoms with van der Waals surface area (Å²) in [5.74, 6) is 2.56. The summed E-state index contributed by atoms with van der Waals surface area (Å²) in [6.07, 6.45) is 8.72. The number of halogens is 1. The normalized spacial score (nSPS) is 10.3. The van der Waals surface area contributed by atoms with E-state index in [2.05, 4.69) is 16.2 Å². The molecule has 3 aromatic rings. The Hall–Kier alpha value is -3.30. The predicted octanol–water partition coefficient (Wildman–Crippen LogP) is 4.12. The quantitative estimate of drug-likeness (QED) is 0.435. The number of benzene rings is 2. The van der Waals surface area contributed by atoms with Crippen LogP contribution in [0.2, 0.25) is 5.02 Å². The van der Waals surface area contributed by atoms with E-state index in [1.165, 1.54) is 12.1 Å². The van der Waals surface area contributed by atoms with Gasteiger partial charge in [-0.25, -0.2) is 4.98 Å². The van der Waals surface area contributed by atoms with E-state index in [1.807, 2.05) is 24.3 Å². The Morgan fingerprint density at radius 3 is 2.64 bits per heavy atom. The summed E-state index contributed by atoms with van der Waals surface area (Å²) < 4.78 is 1.69. The minimum Gasteiger partial charge on any atom is -0.385 e. The van der Waals surface area contributed by atoms with Crippen LogP contribution in [0.15, 0.2) is 48.9 Å². The molecule has 2 aromatic carbocycles. The van der Waals surface area contributed by atoms with Crippen molar-refractivity contribution in [2.45, 2.75) is 0 Å². The van der Waals surface area contributed by atoms with Gasteiger partial charge in [0.1, 0.15) is 0 Å². The second kappa shape index (κ2) is 6.67. The zero-order chi connectivity index (χ0) is 18.0. The number of hydrogen-bond donors (Lipinski definition) is 1. The molecule has 6 nitrogen and oxygen atoms in total. The Morgan fingerprint density at radius 2 is 2.04 bits per heavy atom. The first-order valence-electron chi connectivity index (χ1n) is 7.30. The van der Waals surface area contributed by atoms with Gasteiger partial charge in [0.05, 0.1) is 33.3 Å². The van der Waals surface area contributed by atoms with Crippen LogP contribution in [0, 0.1) is 22.5 Å². The van der Waals surface area contributed by atoms with Gasteiger partial charge in [-0.05, 0) is 12.1 Å². The number of nitro groups is 1. The Bertz CT molecular complexity index is 987. The summed E-state index contributed by atoms with van der Waals surface area (Å²) in [6.45, 7) is 0. The number of aromatic nitrogens is 2. The fourth-order valence-electron chi connectivity index (χ4n) is 2.48. The zero-order valence-electron chi connectivity index (χ0n) is 13.2. The molecule has 0 fully saturated rings. The van der Waals surface area contributed by atoms with Crippen LogP contribution in [0.1, 0.15) is 5.56 Å². The van der Waals surface area contributed by atoms with Crippen LogP contribution in [-0.4, -0.2) is 21.5 Å². The van der Waals surface area contributed by atoms with Crippen molar-refractivity contribution in [2.24, 2.45) is 0 Å². The van der Waals surface area contributed by atoms with E-state index < -0.39 is 4.92 Å². The van der Waals surface area contributed by atoms with Crippen LogP contribution >= 0.6 is 11.6 Å². The van der Waals surface area contributed by atoms with Gasteiger partial charge in [-0.3, -0.25) is 10.1 Å². The fraction of sp³-hybridized carbons (Fsp3) is 0.0556. The van der Waals surface area contributed by atoms with E-state index in [0.717, 1.165) is 11.1 Å². The van der Waals surface area contributed by atoms with Gasteiger partial charge in [-0.2, -0.15) is 0 Å². The van der Waals surface area contributed by atoms with E-state index >= 15 is 0 Å². The highest BCUT2D eigenvalue weighted by Gasteiger charge is 2.17. The summed E-state index contributed by atoms with van der Waals surface area (Å²) in [7, 11) is 1.70. The summed E-state index contributed by atoms with van der Waals surface area (Å²) in [5, 5.41) is 14.3. The van der Waals surface area contributed by atoms with Gasteiger partial charge in [0, 0.05) is 36.5 Å². The van der Waals surface area contributed by atoms with E-state index in [-0.39, 0.29) is 10.7 Å². The third-order valence-corrected chi connectivity index (χ3v) is 4.02. The van der Waals surface area contributed by atoms with E-state index in [0.29, 0.717) is 17.1 Å². The molecule has 0 radical (unpaired) electrons. The first kappa shape index (κ1) is 16.6. The third kappa shape index (κ3) is 3.18. The number of rotatable bonds is 4. The van der Waals surface area contributed by atoms with Gasteiger partial charge in [0.2, 0.25) is 0 Å². The van der Waals surface area contributed by atoms with Gasteiger partial charge >= 0.3 is 0 Å². The Morgan fingerprint density at radius 1 is 1.32 bits per heavy atom. The molecule has 0 aliphatic heterocycles. The molecule has 0 unspecified atom stereocenters. The lowest BCUT2D eigenvalue weighted by molar-refractivity contribution is -0.384. The molecule has 0 amide bonds. The summed E-state index contributed by atoms with van der Waals surface area (Å²) in [5.41, 5.74) is 3.42. The smallest absolute Gasteiger partial charge is 0.273 e. The van der Waals surface area contributed by atoms with Crippen LogP contribution in [0.5, 0.6) is 0 Å². The summed E-state index contributed by atoms with van der Waals surface area (Å²) >= 11 is 6.17. The van der Waals surface area contributed by atoms with Crippen LogP contribution in [-0.2, 0) is 0 Å². The Balaban J connectivity index is 2.07. The minimum absolute atomic E-state index is 0.0902. The first-order chi connectivity index (χ1) is 12.0. The van der Waals surface area contributed by atoms with Crippen LogP contribution in [0.4, 0.5) is 11.4 Å². The molecule has 0 aliphatic rings. The monoisotopic (exact) mass is 352 g/mol. The highest BCUT2D eigenvalue weighted by molar-refractivity contribution is 6.34. The molecule has 124 valence electrons. The Labute approximate surface area is 149 Å². The number of non-ortho nitro benzene ring substituents is 1. The lowest BCUT2D eigenvalue weighted by Crippen LogP contribution is -2.01. The van der Waals surface area contributed by atoms with Crippen molar-refractivity contribution in [3.05, 3.63) is 69.6 Å². The maximum absolute atomic E-state index is 11.1. The second-order valence-electron chi connectivity index (χ2n) is 5.22. The minimum atomic E-state index is -0.481. The van der Waals surface area contributed by atoms with Gasteiger partial charge < -0.3 is 9.88 Å². The molecule has 0 saturated heterocycles. The van der Waals surface area contributed by atoms with Crippen LogP contribution in [0.3, 0.4) is 0 Å². The molecule has 1 heterocycles. The Kier molecular flexibility index (Phi) is 4.42. The van der Waals surface area contributed by atoms with Gasteiger partial charge in [-0.15, -0.1) is 6.42 Å². The number of nitrogens with one attached hydrogen (secondary N) is 1. The summed E-state index contributed by atoms with van der Waals surface area (Å²) in [4.78, 5) is 15.0. The molecule has 0 saturated carbocycles. The topological polar surface area (TPSA) is 73.0 Å². The number of anilines is 1. The molecular weight excluding hydrogens is 340 g/mol. The van der Waals surface area contributed by atoms with Crippen molar-refractivity contribution in [3.8, 4) is 29.3 Å². The third-order valence-electron chi connectivity index (χ3n) is 3.72. The number of terminal acetylenes is 1. The first-order valence-corrected chi connectivity index (χ1v) is 7.68. The van der Waals surface area contributed by atoms with Crippen molar-refractivity contribution < 1.29 is 4.92 Å². The van der Waals surface area contributed by atoms with Gasteiger partial charge in [0.15, 0.2) is 0 Å². The SMILES string of the molecule is C#Cc1ccc(-c2cn(-c3cc([N+](=O)[O-])cc(Cl)c3NC)cn2)cc1. The molecule has 1 N–H and O–H groups in total. The molecule has 7 heteroatoms. The molecule has 0 atom stereocenters. The number of nitro benzene ring substituents is 1. The average molecular weight is 353 g/mol. The lowest BCUT2D eigenvalue weighted by Gasteiger charge is -2.11. The van der Waals surface area contributed by atoms with Gasteiger partial charge in [-0.1, -0.05) is 29.7 Å². The molecule has 0 spiro atoms. The zero-order valence-corrected chi connectivity index (χ0v) is 14.0. The highest BCUT2D eigenvalue weighted by Crippen LogP contribution is 2.34. The van der Waals surface area contributed by atoms with E-state index in [4.69, 9.17) is 18.0 Å². The van der Waals surface area contributed by atoms with Crippen molar-refractivity contribution in [1.82, 2.24) is 9.55 Å². The van der Waals surface area contributed by atoms with Crippen molar-refractivity contribution in [3.63, 3.8) is 0 Å². The van der Waals surface area contributed by atoms with E-state index in [9.17, 15) is 10.1 Å². The van der Waals surface area contributed by atoms with Crippen molar-refractivity contribution >= 4 is 23.0 Å². The van der Waals surface area contributed by atoms with Crippen molar-refractivity contribution in [2.75, 3.05) is 12.4 Å². The van der Waals surface area contributed by atoms with Gasteiger partial charge in [0.25, 0.3) is 5.69 Å². The fourth-order valence-corrected chi connectivity index (χ4v) is 2.78. The molecule has 0 aliphatic carbocycles. The second-order valence-corrected chi connectivity index (χ2v) is 5.62. The molecule has 25 heavy (non-hydrogen) atoms. The summed E-state index contributed by atoms with van der Waals surface area (Å²) in [6, 6.07) is 10.2. The molecule has 1 aromatic heterocycles. The number of imidazole rings is 1. The maximum atomic E-state index is 11.1. The maximum Gasteiger partial charge on any atom is 0.273 e. The predicted molar refractivity (Wildman–Crippen MR) is 98.1 cm³/mol. The number of hydrogen-bond acceptors (Lipinski definition) is 4. The van der Waals surface area contributed by atoms with Crippen LogP contribution in [0.25, 0.3) is 16.9 Å². The van der Waals surface area contributed by atoms with Crippen molar-refractivity contribution in [1.29, 1.82) is 0 Å².